The van der Waals surface area contributed by atoms with Crippen LogP contribution in [0.1, 0.15) is 30.0 Å². The van der Waals surface area contributed by atoms with Crippen LogP contribution < -0.4 is 14.8 Å². The van der Waals surface area contributed by atoms with Crippen LogP contribution >= 0.6 is 0 Å². The van der Waals surface area contributed by atoms with E-state index < -0.39 is 0 Å². The van der Waals surface area contributed by atoms with E-state index in [1.807, 2.05) is 18.2 Å². The van der Waals surface area contributed by atoms with Crippen LogP contribution in [0.4, 0.5) is 4.39 Å². The maximum absolute atomic E-state index is 13.5. The number of piperidine rings is 1. The molecule has 1 aromatic heterocycles. The molecule has 1 amide bonds. The van der Waals surface area contributed by atoms with E-state index in [0.717, 1.165) is 49.1 Å². The van der Waals surface area contributed by atoms with E-state index in [4.69, 9.17) is 14.0 Å². The number of aromatic nitrogens is 1. The molecule has 1 saturated carbocycles. The molecule has 3 aromatic rings. The highest BCUT2D eigenvalue weighted by molar-refractivity contribution is 5.92. The molecule has 1 aliphatic heterocycles. The lowest BCUT2D eigenvalue weighted by atomic mass is 9.91. The van der Waals surface area contributed by atoms with Crippen molar-refractivity contribution in [1.29, 1.82) is 0 Å². The zero-order valence-electron chi connectivity index (χ0n) is 21.2. The molecule has 0 bridgehead atoms. The highest BCUT2D eigenvalue weighted by Gasteiger charge is 2.43. The molecule has 1 aliphatic carbocycles. The van der Waals surface area contributed by atoms with Gasteiger partial charge in [-0.2, -0.15) is 0 Å². The number of hydrogen-bond acceptors (Lipinski definition) is 6. The normalized spacial score (nSPS) is 20.5. The van der Waals surface area contributed by atoms with Crippen LogP contribution in [0, 0.1) is 17.7 Å². The molecular weight excluding hydrogens is 473 g/mol. The fraction of sp³-hybridized carbons (Fsp3) is 0.379. The van der Waals surface area contributed by atoms with E-state index in [9.17, 15) is 9.18 Å². The van der Waals surface area contributed by atoms with Crippen molar-refractivity contribution in [3.05, 3.63) is 71.7 Å². The Morgan fingerprint density at radius 3 is 2.78 bits per heavy atom. The number of benzene rings is 2. The lowest BCUT2D eigenvalue weighted by Gasteiger charge is -2.31. The average Bonchev–Trinajstić information content (AvgIpc) is 3.31. The first-order valence-corrected chi connectivity index (χ1v) is 12.6. The lowest BCUT2D eigenvalue weighted by Crippen LogP contribution is -2.35. The smallest absolute Gasteiger partial charge is 0.244 e. The average molecular weight is 506 g/mol. The first kappa shape index (κ1) is 25.0. The Kier molecular flexibility index (Phi) is 7.28. The molecule has 2 atom stereocenters. The monoisotopic (exact) mass is 505 g/mol. The molecule has 0 radical (unpaired) electrons. The number of likely N-dealkylation sites (tertiary alicyclic amines) is 1. The number of nitrogens with one attached hydrogen (secondary N) is 1. The topological polar surface area (TPSA) is 76.8 Å². The van der Waals surface area contributed by atoms with Gasteiger partial charge in [-0.1, -0.05) is 29.4 Å². The number of halogens is 1. The van der Waals surface area contributed by atoms with Gasteiger partial charge in [0.1, 0.15) is 5.82 Å². The van der Waals surface area contributed by atoms with E-state index in [-0.39, 0.29) is 11.7 Å². The van der Waals surface area contributed by atoms with Gasteiger partial charge >= 0.3 is 0 Å². The maximum Gasteiger partial charge on any atom is 0.244 e. The summed E-state index contributed by atoms with van der Waals surface area (Å²) in [5.74, 6) is 1.77. The Labute approximate surface area is 215 Å². The Morgan fingerprint density at radius 2 is 2.03 bits per heavy atom. The maximum atomic E-state index is 13.5. The Bertz CT molecular complexity index is 1330. The van der Waals surface area contributed by atoms with E-state index in [2.05, 4.69) is 22.0 Å². The minimum absolute atomic E-state index is 0.149. The molecule has 7 nitrogen and oxygen atoms in total. The van der Waals surface area contributed by atoms with Gasteiger partial charge in [0.05, 0.1) is 19.9 Å². The van der Waals surface area contributed by atoms with Crippen molar-refractivity contribution in [1.82, 2.24) is 15.4 Å². The minimum Gasteiger partial charge on any atom is -0.493 e. The Hall–Kier alpha value is -3.65. The van der Waals surface area contributed by atoms with E-state index in [1.165, 1.54) is 23.8 Å². The van der Waals surface area contributed by atoms with Gasteiger partial charge in [-0.05, 0) is 50.2 Å². The highest BCUT2D eigenvalue weighted by atomic mass is 19.1. The van der Waals surface area contributed by atoms with Crippen LogP contribution in [0.3, 0.4) is 0 Å². The molecule has 2 aromatic carbocycles. The van der Waals surface area contributed by atoms with Gasteiger partial charge in [0.25, 0.3) is 0 Å². The second kappa shape index (κ2) is 10.8. The largest absolute Gasteiger partial charge is 0.493 e. The summed E-state index contributed by atoms with van der Waals surface area (Å²) >= 11 is 0. The van der Waals surface area contributed by atoms with Crippen molar-refractivity contribution in [2.24, 2.45) is 11.8 Å². The summed E-state index contributed by atoms with van der Waals surface area (Å²) in [4.78, 5) is 14.9. The third-order valence-corrected chi connectivity index (χ3v) is 7.56. The number of hydrogen-bond donors (Lipinski definition) is 1. The van der Waals surface area contributed by atoms with Crippen molar-refractivity contribution in [3.8, 4) is 11.5 Å². The number of amides is 1. The van der Waals surface area contributed by atoms with Gasteiger partial charge in [0, 0.05) is 53.9 Å². The zero-order valence-corrected chi connectivity index (χ0v) is 21.2. The van der Waals surface area contributed by atoms with Crippen LogP contribution in [-0.4, -0.2) is 56.4 Å². The standard InChI is InChI=1S/C29H32FN3O4/c1-18-23(16-31-27(34)10-7-20-5-4-6-25(35-2)29(20)36-3)24(18)17-33-13-11-19(12-14-33)28-22-9-8-21(30)15-26(22)37-32-28/h4-10,15,19,23-24H,1,11-14,16-17H2,2-3H3,(H,31,34)/t23-,24-/m0/s1. The minimum atomic E-state index is -0.312. The summed E-state index contributed by atoms with van der Waals surface area (Å²) in [6.07, 6.45) is 5.22. The van der Waals surface area contributed by atoms with Gasteiger partial charge in [0.15, 0.2) is 17.1 Å². The van der Waals surface area contributed by atoms with Crippen molar-refractivity contribution < 1.29 is 23.2 Å². The zero-order chi connectivity index (χ0) is 25.9. The van der Waals surface area contributed by atoms with Crippen LogP contribution in [0.25, 0.3) is 17.0 Å². The van der Waals surface area contributed by atoms with E-state index in [0.29, 0.717) is 41.4 Å². The van der Waals surface area contributed by atoms with E-state index in [1.54, 1.807) is 26.4 Å². The fourth-order valence-electron chi connectivity index (χ4n) is 5.33. The van der Waals surface area contributed by atoms with Crippen LogP contribution in [-0.2, 0) is 4.79 Å². The molecule has 1 N–H and O–H groups in total. The highest BCUT2D eigenvalue weighted by Crippen LogP contribution is 2.45. The van der Waals surface area contributed by atoms with Crippen LogP contribution in [0.2, 0.25) is 0 Å². The predicted molar refractivity (Wildman–Crippen MR) is 140 cm³/mol. The van der Waals surface area contributed by atoms with Crippen molar-refractivity contribution in [2.45, 2.75) is 18.8 Å². The summed E-state index contributed by atoms with van der Waals surface area (Å²) in [5, 5.41) is 8.15. The number of fused-ring (bicyclic) bond motifs is 1. The quantitative estimate of drug-likeness (QED) is 0.333. The number of nitrogens with zero attached hydrogens (tertiary/aromatic N) is 2. The molecule has 5 rings (SSSR count). The second-order valence-corrected chi connectivity index (χ2v) is 9.73. The van der Waals surface area contributed by atoms with Crippen molar-refractivity contribution >= 4 is 23.0 Å². The number of ether oxygens (including phenoxy) is 2. The van der Waals surface area contributed by atoms with Gasteiger partial charge in [-0.25, -0.2) is 4.39 Å². The molecule has 2 aliphatic rings. The second-order valence-electron chi connectivity index (χ2n) is 9.73. The summed E-state index contributed by atoms with van der Waals surface area (Å²) in [7, 11) is 3.16. The molecule has 194 valence electrons. The number of rotatable bonds is 9. The SMILES string of the molecule is C=C1[C@H](CNC(=O)C=Cc2cccc(OC)c2OC)[C@H]1CN1CCC(c2noc3cc(F)ccc23)CC1. The van der Waals surface area contributed by atoms with Gasteiger partial charge in [-0.15, -0.1) is 0 Å². The third kappa shape index (κ3) is 5.39. The lowest BCUT2D eigenvalue weighted by molar-refractivity contribution is -0.116. The van der Waals surface area contributed by atoms with Crippen molar-refractivity contribution in [2.75, 3.05) is 40.4 Å². The number of carbonyl (C=O) groups is 1. The Balaban J connectivity index is 1.08. The third-order valence-electron chi connectivity index (χ3n) is 7.56. The first-order chi connectivity index (χ1) is 18.0. The number of para-hydroxylation sites is 1. The summed E-state index contributed by atoms with van der Waals surface area (Å²) in [5.41, 5.74) is 3.42. The molecule has 8 heteroatoms. The molecular formula is C29H32FN3O4. The summed E-state index contributed by atoms with van der Waals surface area (Å²) < 4.78 is 29.5. The van der Waals surface area contributed by atoms with Crippen LogP contribution in [0.5, 0.6) is 11.5 Å². The molecule has 2 heterocycles. The fourth-order valence-corrected chi connectivity index (χ4v) is 5.33. The molecule has 37 heavy (non-hydrogen) atoms. The molecule has 1 saturated heterocycles. The molecule has 0 spiro atoms. The van der Waals surface area contributed by atoms with Gasteiger partial charge in [0.2, 0.25) is 5.91 Å². The number of methoxy groups -OCH3 is 2. The van der Waals surface area contributed by atoms with Crippen LogP contribution in [0.15, 0.2) is 59.1 Å². The van der Waals surface area contributed by atoms with Gasteiger partial charge in [-0.3, -0.25) is 4.79 Å². The predicted octanol–water partition coefficient (Wildman–Crippen LogP) is 4.80. The summed E-state index contributed by atoms with van der Waals surface area (Å²) in [6.45, 7) is 7.69. The van der Waals surface area contributed by atoms with Crippen molar-refractivity contribution in [3.63, 3.8) is 0 Å². The Morgan fingerprint density at radius 1 is 1.22 bits per heavy atom. The first-order valence-electron chi connectivity index (χ1n) is 12.6. The van der Waals surface area contributed by atoms with Gasteiger partial charge < -0.3 is 24.2 Å². The number of carbonyl (C=O) groups excluding carboxylic acids is 1. The summed E-state index contributed by atoms with van der Waals surface area (Å²) in [6, 6.07) is 10.2. The molecule has 2 fully saturated rings. The molecule has 0 unspecified atom stereocenters. The van der Waals surface area contributed by atoms with E-state index >= 15 is 0 Å².